The monoisotopic (exact) mass is 449 g/mol. The van der Waals surface area contributed by atoms with Gasteiger partial charge in [0.25, 0.3) is 5.56 Å². The fourth-order valence-electron chi connectivity index (χ4n) is 2.99. The van der Waals surface area contributed by atoms with Crippen LogP contribution in [0, 0.1) is 0 Å². The topological polar surface area (TPSA) is 108 Å². The molecule has 0 bridgehead atoms. The lowest BCUT2D eigenvalue weighted by molar-refractivity contribution is -0.117. The highest BCUT2D eigenvalue weighted by atomic mass is 32.1. The van der Waals surface area contributed by atoms with Crippen LogP contribution in [-0.2, 0) is 11.3 Å². The summed E-state index contributed by atoms with van der Waals surface area (Å²) in [5.41, 5.74) is 2.49. The lowest BCUT2D eigenvalue weighted by Gasteiger charge is -2.10. The lowest BCUT2D eigenvalue weighted by Crippen LogP contribution is -2.29. The molecule has 0 saturated heterocycles. The summed E-state index contributed by atoms with van der Waals surface area (Å²) in [6.45, 7) is -0.246. The Bertz CT molecular complexity index is 1300. The normalized spacial score (nSPS) is 10.6. The number of nitrogens with one attached hydrogen (secondary N) is 1. The SMILES string of the molecule is COc1ccc(-c2ccc(=O)n(CC(=O)Nc3nc(-c4ccncc4)cs3)n2)cc1OC. The van der Waals surface area contributed by atoms with Crippen molar-refractivity contribution in [3.05, 3.63) is 70.6 Å². The summed E-state index contributed by atoms with van der Waals surface area (Å²) < 4.78 is 11.7. The second-order valence-electron chi connectivity index (χ2n) is 6.61. The van der Waals surface area contributed by atoms with Gasteiger partial charge in [0.1, 0.15) is 6.54 Å². The smallest absolute Gasteiger partial charge is 0.267 e. The molecular formula is C22H19N5O4S. The van der Waals surface area contributed by atoms with Crippen molar-refractivity contribution in [2.24, 2.45) is 0 Å². The van der Waals surface area contributed by atoms with Crippen molar-refractivity contribution in [1.29, 1.82) is 0 Å². The van der Waals surface area contributed by atoms with Gasteiger partial charge in [-0.25, -0.2) is 9.67 Å². The van der Waals surface area contributed by atoms with E-state index in [1.54, 1.807) is 50.9 Å². The van der Waals surface area contributed by atoms with Crippen LogP contribution in [0.15, 0.2) is 65.0 Å². The van der Waals surface area contributed by atoms with Crippen LogP contribution in [0.2, 0.25) is 0 Å². The van der Waals surface area contributed by atoms with Gasteiger partial charge in [-0.15, -0.1) is 11.3 Å². The molecule has 0 spiro atoms. The van der Waals surface area contributed by atoms with Gasteiger partial charge in [0.2, 0.25) is 5.91 Å². The Labute approximate surface area is 187 Å². The van der Waals surface area contributed by atoms with Crippen molar-refractivity contribution in [3.8, 4) is 34.0 Å². The van der Waals surface area contributed by atoms with E-state index in [-0.39, 0.29) is 12.1 Å². The summed E-state index contributed by atoms with van der Waals surface area (Å²) >= 11 is 1.30. The molecule has 0 aliphatic rings. The molecule has 0 aliphatic heterocycles. The first-order chi connectivity index (χ1) is 15.6. The maximum absolute atomic E-state index is 12.5. The van der Waals surface area contributed by atoms with E-state index in [4.69, 9.17) is 9.47 Å². The average Bonchev–Trinajstić information content (AvgIpc) is 3.29. The molecule has 32 heavy (non-hydrogen) atoms. The number of methoxy groups -OCH3 is 2. The molecule has 0 unspecified atom stereocenters. The summed E-state index contributed by atoms with van der Waals surface area (Å²) in [4.78, 5) is 33.2. The summed E-state index contributed by atoms with van der Waals surface area (Å²) in [5.74, 6) is 0.717. The van der Waals surface area contributed by atoms with Crippen molar-refractivity contribution < 1.29 is 14.3 Å². The molecule has 3 heterocycles. The van der Waals surface area contributed by atoms with E-state index >= 15 is 0 Å². The van der Waals surface area contributed by atoms with Crippen molar-refractivity contribution in [3.63, 3.8) is 0 Å². The number of hydrogen-bond acceptors (Lipinski definition) is 8. The molecule has 9 nitrogen and oxygen atoms in total. The van der Waals surface area contributed by atoms with Crippen LogP contribution in [0.1, 0.15) is 0 Å². The van der Waals surface area contributed by atoms with E-state index in [1.807, 2.05) is 17.5 Å². The number of rotatable bonds is 7. The fraction of sp³-hybridized carbons (Fsp3) is 0.136. The minimum atomic E-state index is -0.403. The Morgan fingerprint density at radius 3 is 2.53 bits per heavy atom. The third-order valence-corrected chi connectivity index (χ3v) is 5.32. The van der Waals surface area contributed by atoms with E-state index < -0.39 is 5.91 Å². The van der Waals surface area contributed by atoms with E-state index in [2.05, 4.69) is 20.4 Å². The molecule has 4 rings (SSSR count). The number of nitrogens with zero attached hydrogens (tertiary/aromatic N) is 4. The minimum Gasteiger partial charge on any atom is -0.493 e. The maximum Gasteiger partial charge on any atom is 0.267 e. The van der Waals surface area contributed by atoms with Crippen LogP contribution < -0.4 is 20.3 Å². The van der Waals surface area contributed by atoms with Gasteiger partial charge in [0, 0.05) is 35.0 Å². The Morgan fingerprint density at radius 1 is 1.00 bits per heavy atom. The van der Waals surface area contributed by atoms with Crippen LogP contribution in [0.5, 0.6) is 11.5 Å². The molecule has 1 aromatic carbocycles. The van der Waals surface area contributed by atoms with Gasteiger partial charge in [0.15, 0.2) is 16.6 Å². The third kappa shape index (κ3) is 4.65. The number of aromatic nitrogens is 4. The van der Waals surface area contributed by atoms with Crippen LogP contribution >= 0.6 is 11.3 Å². The summed E-state index contributed by atoms with van der Waals surface area (Å²) in [5, 5.41) is 9.32. The summed E-state index contributed by atoms with van der Waals surface area (Å²) in [7, 11) is 3.09. The number of amides is 1. The summed E-state index contributed by atoms with van der Waals surface area (Å²) in [6, 6.07) is 12.0. The Kier molecular flexibility index (Phi) is 6.22. The Morgan fingerprint density at radius 2 is 1.78 bits per heavy atom. The number of ether oxygens (including phenoxy) is 2. The van der Waals surface area contributed by atoms with Crippen molar-refractivity contribution in [1.82, 2.24) is 19.7 Å². The third-order valence-electron chi connectivity index (χ3n) is 4.57. The van der Waals surface area contributed by atoms with Crippen LogP contribution in [0.25, 0.3) is 22.5 Å². The second kappa shape index (κ2) is 9.40. The van der Waals surface area contributed by atoms with Gasteiger partial charge in [-0.3, -0.25) is 14.6 Å². The zero-order valence-electron chi connectivity index (χ0n) is 17.3. The number of thiazole rings is 1. The molecular weight excluding hydrogens is 430 g/mol. The molecule has 0 radical (unpaired) electrons. The van der Waals surface area contributed by atoms with E-state index in [1.165, 1.54) is 17.4 Å². The van der Waals surface area contributed by atoms with Crippen molar-refractivity contribution in [2.75, 3.05) is 19.5 Å². The second-order valence-corrected chi connectivity index (χ2v) is 7.46. The number of pyridine rings is 1. The lowest BCUT2D eigenvalue weighted by atomic mass is 10.1. The Balaban J connectivity index is 1.51. The molecule has 10 heteroatoms. The quantitative estimate of drug-likeness (QED) is 0.462. The standard InChI is InChI=1S/C22H19N5O4S/c1-30-18-5-3-15(11-19(18)31-2)16-4-6-21(29)27(26-16)12-20(28)25-22-24-17(13-32-22)14-7-9-23-10-8-14/h3-11,13H,12H2,1-2H3,(H,24,25,28). The van der Waals surface area contributed by atoms with E-state index in [0.717, 1.165) is 21.5 Å². The zero-order chi connectivity index (χ0) is 22.5. The number of anilines is 1. The molecule has 0 atom stereocenters. The predicted molar refractivity (Wildman–Crippen MR) is 121 cm³/mol. The van der Waals surface area contributed by atoms with Crippen LogP contribution in [0.3, 0.4) is 0 Å². The summed E-state index contributed by atoms with van der Waals surface area (Å²) in [6.07, 6.45) is 3.35. The first-order valence-electron chi connectivity index (χ1n) is 9.53. The highest BCUT2D eigenvalue weighted by molar-refractivity contribution is 7.14. The van der Waals surface area contributed by atoms with Gasteiger partial charge >= 0.3 is 0 Å². The number of hydrogen-bond donors (Lipinski definition) is 1. The highest BCUT2D eigenvalue weighted by Crippen LogP contribution is 2.31. The molecule has 0 saturated carbocycles. The van der Waals surface area contributed by atoms with Crippen molar-refractivity contribution >= 4 is 22.4 Å². The number of benzene rings is 1. The van der Waals surface area contributed by atoms with E-state index in [0.29, 0.717) is 22.3 Å². The van der Waals surface area contributed by atoms with Crippen LogP contribution in [-0.4, -0.2) is 39.9 Å². The molecule has 1 N–H and O–H groups in total. The molecule has 0 aliphatic carbocycles. The maximum atomic E-state index is 12.5. The van der Waals surface area contributed by atoms with Gasteiger partial charge < -0.3 is 14.8 Å². The molecule has 0 fully saturated rings. The first kappa shape index (κ1) is 21.2. The molecule has 3 aromatic heterocycles. The van der Waals surface area contributed by atoms with Crippen molar-refractivity contribution in [2.45, 2.75) is 6.54 Å². The first-order valence-corrected chi connectivity index (χ1v) is 10.4. The van der Waals surface area contributed by atoms with Gasteiger partial charge in [-0.05, 0) is 36.4 Å². The van der Waals surface area contributed by atoms with Gasteiger partial charge in [0.05, 0.1) is 25.6 Å². The van der Waals surface area contributed by atoms with Gasteiger partial charge in [-0.1, -0.05) is 0 Å². The van der Waals surface area contributed by atoms with Crippen LogP contribution in [0.4, 0.5) is 5.13 Å². The largest absolute Gasteiger partial charge is 0.493 e. The number of carbonyl (C=O) groups is 1. The zero-order valence-corrected chi connectivity index (χ0v) is 18.1. The molecule has 4 aromatic rings. The fourth-order valence-corrected chi connectivity index (χ4v) is 3.73. The van der Waals surface area contributed by atoms with Gasteiger partial charge in [-0.2, -0.15) is 5.10 Å². The highest BCUT2D eigenvalue weighted by Gasteiger charge is 2.12. The average molecular weight is 449 g/mol. The minimum absolute atomic E-state index is 0.246. The molecule has 1 amide bonds. The Hall–Kier alpha value is -4.05. The van der Waals surface area contributed by atoms with E-state index in [9.17, 15) is 9.59 Å². The molecule has 162 valence electrons. The number of carbonyl (C=O) groups excluding carboxylic acids is 1. The predicted octanol–water partition coefficient (Wildman–Crippen LogP) is 3.08.